The van der Waals surface area contributed by atoms with Gasteiger partial charge in [0.1, 0.15) is 5.75 Å². The van der Waals surface area contributed by atoms with Crippen molar-refractivity contribution in [3.05, 3.63) is 69.6 Å². The number of carbonyl (C=O) groups excluding carboxylic acids is 1. The van der Waals surface area contributed by atoms with Gasteiger partial charge in [-0.15, -0.1) is 0 Å². The Hall–Kier alpha value is -2.83. The minimum Gasteiger partial charge on any atom is -0.495 e. The van der Waals surface area contributed by atoms with Crippen LogP contribution in [0.25, 0.3) is 10.8 Å². The maximum absolute atomic E-state index is 12.7. The number of anilines is 1. The molecule has 0 spiro atoms. The van der Waals surface area contributed by atoms with Gasteiger partial charge in [0.2, 0.25) is 0 Å². The number of rotatable bonds is 5. The number of nitrogens with one attached hydrogen (secondary N) is 1. The van der Waals surface area contributed by atoms with Crippen LogP contribution in [-0.4, -0.2) is 28.3 Å². The fraction of sp³-hybridized carbons (Fsp3) is 0.238. The number of hydrogen-bond donors (Lipinski definition) is 2. The van der Waals surface area contributed by atoms with E-state index in [0.717, 1.165) is 0 Å². The normalized spacial score (nSPS) is 11.5. The molecular weight excluding hydrogens is 380 g/mol. The Kier molecular flexibility index (Phi) is 5.45. The number of carbonyl (C=O) groups is 1. The maximum Gasteiger partial charge on any atom is 0.258 e. The molecule has 0 radical (unpaired) electrons. The molecule has 0 saturated carbocycles. The molecule has 6 nitrogen and oxygen atoms in total. The van der Waals surface area contributed by atoms with Gasteiger partial charge in [-0.3, -0.25) is 9.59 Å². The number of aliphatic hydroxyl groups is 1. The third-order valence-electron chi connectivity index (χ3n) is 4.24. The molecule has 1 aromatic heterocycles. The minimum absolute atomic E-state index is 0.169. The molecule has 0 bridgehead atoms. The molecule has 0 aliphatic rings. The fourth-order valence-electron chi connectivity index (χ4n) is 2.97. The van der Waals surface area contributed by atoms with Gasteiger partial charge in [0.25, 0.3) is 11.5 Å². The number of benzene rings is 2. The van der Waals surface area contributed by atoms with Gasteiger partial charge in [-0.1, -0.05) is 17.7 Å². The Morgan fingerprint density at radius 2 is 1.96 bits per heavy atom. The van der Waals surface area contributed by atoms with Crippen molar-refractivity contribution < 1.29 is 14.6 Å². The van der Waals surface area contributed by atoms with E-state index < -0.39 is 5.60 Å². The zero-order valence-corrected chi connectivity index (χ0v) is 16.6. The fourth-order valence-corrected chi connectivity index (χ4v) is 3.23. The van der Waals surface area contributed by atoms with Crippen LogP contribution in [0.4, 0.5) is 5.69 Å². The van der Waals surface area contributed by atoms with Crippen LogP contribution in [0.1, 0.15) is 24.2 Å². The second-order valence-corrected chi connectivity index (χ2v) is 7.54. The summed E-state index contributed by atoms with van der Waals surface area (Å²) in [5.41, 5.74) is -0.361. The SMILES string of the molecule is COc1ccc(C(=O)Nc2cccc3c(=O)n(CC(C)(C)O)ccc23)cc1Cl. The largest absolute Gasteiger partial charge is 0.495 e. The van der Waals surface area contributed by atoms with E-state index in [1.165, 1.54) is 17.7 Å². The third kappa shape index (κ3) is 4.18. The average Bonchev–Trinajstić information content (AvgIpc) is 2.63. The number of pyridine rings is 1. The van der Waals surface area contributed by atoms with Gasteiger partial charge in [0.05, 0.1) is 24.3 Å². The zero-order chi connectivity index (χ0) is 20.5. The van der Waals surface area contributed by atoms with E-state index in [0.29, 0.717) is 32.8 Å². The van der Waals surface area contributed by atoms with Crippen molar-refractivity contribution in [2.75, 3.05) is 12.4 Å². The van der Waals surface area contributed by atoms with Crippen LogP contribution in [-0.2, 0) is 6.54 Å². The van der Waals surface area contributed by atoms with Gasteiger partial charge < -0.3 is 19.7 Å². The summed E-state index contributed by atoms with van der Waals surface area (Å²) in [4.78, 5) is 25.4. The van der Waals surface area contributed by atoms with Crippen LogP contribution in [0, 0.1) is 0 Å². The first kappa shape index (κ1) is 19.9. The summed E-state index contributed by atoms with van der Waals surface area (Å²) < 4.78 is 6.55. The molecule has 0 atom stereocenters. The van der Waals surface area contributed by atoms with Crippen molar-refractivity contribution in [3.63, 3.8) is 0 Å². The number of nitrogens with zero attached hydrogens (tertiary/aromatic N) is 1. The van der Waals surface area contributed by atoms with Crippen LogP contribution in [0.2, 0.25) is 5.02 Å². The molecule has 7 heteroatoms. The zero-order valence-electron chi connectivity index (χ0n) is 15.8. The van der Waals surface area contributed by atoms with Gasteiger partial charge in [0, 0.05) is 28.2 Å². The first-order valence-corrected chi connectivity index (χ1v) is 9.07. The van der Waals surface area contributed by atoms with Crippen molar-refractivity contribution in [1.29, 1.82) is 0 Å². The molecule has 146 valence electrons. The Balaban J connectivity index is 1.95. The van der Waals surface area contributed by atoms with Crippen LogP contribution in [0.5, 0.6) is 5.75 Å². The molecule has 0 aliphatic heterocycles. The van der Waals surface area contributed by atoms with Gasteiger partial charge in [-0.05, 0) is 50.2 Å². The Bertz CT molecular complexity index is 1100. The Morgan fingerprint density at radius 3 is 2.61 bits per heavy atom. The van der Waals surface area contributed by atoms with Gasteiger partial charge in [-0.2, -0.15) is 0 Å². The molecule has 1 amide bonds. The van der Waals surface area contributed by atoms with Crippen molar-refractivity contribution >= 4 is 34.0 Å². The summed E-state index contributed by atoms with van der Waals surface area (Å²) >= 11 is 6.09. The molecule has 0 saturated heterocycles. The molecule has 3 aromatic rings. The number of halogens is 1. The highest BCUT2D eigenvalue weighted by atomic mass is 35.5. The predicted molar refractivity (Wildman–Crippen MR) is 110 cm³/mol. The lowest BCUT2D eigenvalue weighted by Crippen LogP contribution is -2.32. The van der Waals surface area contributed by atoms with E-state index in [1.54, 1.807) is 56.4 Å². The minimum atomic E-state index is -1.02. The number of methoxy groups -OCH3 is 1. The highest BCUT2D eigenvalue weighted by molar-refractivity contribution is 6.32. The number of fused-ring (bicyclic) bond motifs is 1. The second kappa shape index (κ2) is 7.66. The Morgan fingerprint density at radius 1 is 1.21 bits per heavy atom. The molecular formula is C21H21ClN2O4. The van der Waals surface area contributed by atoms with E-state index in [9.17, 15) is 14.7 Å². The molecule has 28 heavy (non-hydrogen) atoms. The summed E-state index contributed by atoms with van der Waals surface area (Å²) in [5.74, 6) is 0.133. The quantitative estimate of drug-likeness (QED) is 0.684. The van der Waals surface area contributed by atoms with Crippen LogP contribution < -0.4 is 15.6 Å². The van der Waals surface area contributed by atoms with Crippen molar-refractivity contribution in [3.8, 4) is 5.75 Å². The lowest BCUT2D eigenvalue weighted by atomic mass is 10.1. The van der Waals surface area contributed by atoms with Crippen molar-refractivity contribution in [1.82, 2.24) is 4.57 Å². The summed E-state index contributed by atoms with van der Waals surface area (Å²) in [5, 5.41) is 14.2. The molecule has 2 aromatic carbocycles. The van der Waals surface area contributed by atoms with Crippen molar-refractivity contribution in [2.24, 2.45) is 0 Å². The topological polar surface area (TPSA) is 80.6 Å². The average molecular weight is 401 g/mol. The lowest BCUT2D eigenvalue weighted by molar-refractivity contribution is 0.0606. The van der Waals surface area contributed by atoms with E-state index in [4.69, 9.17) is 16.3 Å². The molecule has 2 N–H and O–H groups in total. The van der Waals surface area contributed by atoms with Gasteiger partial charge >= 0.3 is 0 Å². The summed E-state index contributed by atoms with van der Waals surface area (Å²) in [6.45, 7) is 3.45. The highest BCUT2D eigenvalue weighted by Gasteiger charge is 2.16. The molecule has 1 heterocycles. The number of amides is 1. The molecule has 0 unspecified atom stereocenters. The van der Waals surface area contributed by atoms with E-state index in [-0.39, 0.29) is 18.0 Å². The first-order valence-electron chi connectivity index (χ1n) is 8.69. The van der Waals surface area contributed by atoms with E-state index >= 15 is 0 Å². The van der Waals surface area contributed by atoms with Crippen molar-refractivity contribution in [2.45, 2.75) is 26.0 Å². The molecule has 3 rings (SSSR count). The Labute approximate surface area is 167 Å². The third-order valence-corrected chi connectivity index (χ3v) is 4.53. The highest BCUT2D eigenvalue weighted by Crippen LogP contribution is 2.26. The molecule has 0 aliphatic carbocycles. The number of ether oxygens (including phenoxy) is 1. The second-order valence-electron chi connectivity index (χ2n) is 7.13. The summed E-state index contributed by atoms with van der Waals surface area (Å²) in [6.07, 6.45) is 1.61. The lowest BCUT2D eigenvalue weighted by Gasteiger charge is -2.19. The smallest absolute Gasteiger partial charge is 0.258 e. The van der Waals surface area contributed by atoms with Crippen LogP contribution >= 0.6 is 11.6 Å². The van der Waals surface area contributed by atoms with Crippen LogP contribution in [0.15, 0.2) is 53.5 Å². The standard InChI is InChI=1S/C21H21ClN2O4/c1-21(2,27)12-24-10-9-14-15(20(24)26)5-4-6-17(14)23-19(25)13-7-8-18(28-3)16(22)11-13/h4-11,27H,12H2,1-3H3,(H,23,25). The maximum atomic E-state index is 12.7. The number of hydrogen-bond acceptors (Lipinski definition) is 4. The van der Waals surface area contributed by atoms with E-state index in [2.05, 4.69) is 5.32 Å². The van der Waals surface area contributed by atoms with E-state index in [1.807, 2.05) is 0 Å². The summed E-state index contributed by atoms with van der Waals surface area (Å²) in [7, 11) is 1.50. The predicted octanol–water partition coefficient (Wildman–Crippen LogP) is 3.69. The molecule has 0 fully saturated rings. The van der Waals surface area contributed by atoms with Crippen LogP contribution in [0.3, 0.4) is 0 Å². The monoisotopic (exact) mass is 400 g/mol. The number of aromatic nitrogens is 1. The first-order chi connectivity index (χ1) is 13.2. The van der Waals surface area contributed by atoms with Gasteiger partial charge in [-0.25, -0.2) is 0 Å². The summed E-state index contributed by atoms with van der Waals surface area (Å²) in [6, 6.07) is 11.6. The van der Waals surface area contributed by atoms with Gasteiger partial charge in [0.15, 0.2) is 0 Å².